The van der Waals surface area contributed by atoms with Gasteiger partial charge in [0.15, 0.2) is 5.69 Å². The first-order valence-electron chi connectivity index (χ1n) is 10.4. The van der Waals surface area contributed by atoms with E-state index in [0.29, 0.717) is 22.3 Å². The van der Waals surface area contributed by atoms with Gasteiger partial charge in [0.05, 0.1) is 28.8 Å². The number of aryl methyl sites for hydroxylation is 1. The fourth-order valence-electron chi connectivity index (χ4n) is 3.67. The Morgan fingerprint density at radius 2 is 1.74 bits per heavy atom. The van der Waals surface area contributed by atoms with Gasteiger partial charge in [-0.25, -0.2) is 9.78 Å². The standard InChI is InChI=1S/C23H19F3N6O3/c1-12-18(13(2)32(31-12)15-7-5-6-14(10-15)23(24,25)26)11-19(33)27-30-22(35)20-16-8-3-4-9-17(16)21(34)29-28-20/h3-10H,11H2,1-2H3,(H,27,33)(H,29,34)(H,30,35). The summed E-state index contributed by atoms with van der Waals surface area (Å²) in [6.45, 7) is 3.27. The molecule has 180 valence electrons. The zero-order chi connectivity index (χ0) is 25.3. The Morgan fingerprint density at radius 1 is 1.03 bits per heavy atom. The Kier molecular flexibility index (Phi) is 6.12. The van der Waals surface area contributed by atoms with E-state index >= 15 is 0 Å². The smallest absolute Gasteiger partial charge is 0.273 e. The number of halogens is 3. The number of rotatable bonds is 4. The largest absolute Gasteiger partial charge is 0.416 e. The van der Waals surface area contributed by atoms with Crippen molar-refractivity contribution in [2.75, 3.05) is 0 Å². The van der Waals surface area contributed by atoms with E-state index < -0.39 is 29.1 Å². The molecule has 0 atom stereocenters. The van der Waals surface area contributed by atoms with Gasteiger partial charge >= 0.3 is 6.18 Å². The molecule has 4 rings (SSSR count). The van der Waals surface area contributed by atoms with Gasteiger partial charge in [-0.2, -0.15) is 23.4 Å². The third-order valence-corrected chi connectivity index (χ3v) is 5.42. The number of nitrogens with zero attached hydrogens (tertiary/aromatic N) is 3. The minimum atomic E-state index is -4.50. The van der Waals surface area contributed by atoms with Crippen LogP contribution in [0.5, 0.6) is 0 Å². The van der Waals surface area contributed by atoms with Gasteiger partial charge in [0.2, 0.25) is 5.91 Å². The van der Waals surface area contributed by atoms with E-state index in [1.807, 2.05) is 0 Å². The Balaban J connectivity index is 1.49. The van der Waals surface area contributed by atoms with Crippen molar-refractivity contribution in [2.45, 2.75) is 26.4 Å². The fourth-order valence-corrected chi connectivity index (χ4v) is 3.67. The number of amides is 2. The van der Waals surface area contributed by atoms with Crippen LogP contribution in [0.4, 0.5) is 13.2 Å². The van der Waals surface area contributed by atoms with Gasteiger partial charge in [-0.1, -0.05) is 24.3 Å². The normalized spacial score (nSPS) is 11.5. The van der Waals surface area contributed by atoms with Gasteiger partial charge in [0.25, 0.3) is 11.5 Å². The highest BCUT2D eigenvalue weighted by Crippen LogP contribution is 2.31. The second-order valence-electron chi connectivity index (χ2n) is 7.74. The fraction of sp³-hybridized carbons (Fsp3) is 0.174. The van der Waals surface area contributed by atoms with E-state index in [-0.39, 0.29) is 23.2 Å². The van der Waals surface area contributed by atoms with Crippen molar-refractivity contribution in [3.05, 3.63) is 87.1 Å². The van der Waals surface area contributed by atoms with Crippen LogP contribution in [0.2, 0.25) is 0 Å². The van der Waals surface area contributed by atoms with Crippen LogP contribution in [0.3, 0.4) is 0 Å². The van der Waals surface area contributed by atoms with Gasteiger partial charge in [0.1, 0.15) is 0 Å². The van der Waals surface area contributed by atoms with Crippen LogP contribution >= 0.6 is 0 Å². The molecule has 3 N–H and O–H groups in total. The SMILES string of the molecule is Cc1nn(-c2cccc(C(F)(F)F)c2)c(C)c1CC(=O)NNC(=O)c1n[nH]c(=O)c2ccccc12. The average Bonchev–Trinajstić information content (AvgIpc) is 3.11. The highest BCUT2D eigenvalue weighted by Gasteiger charge is 2.31. The summed E-state index contributed by atoms with van der Waals surface area (Å²) < 4.78 is 40.6. The molecule has 0 saturated heterocycles. The molecule has 0 aliphatic rings. The van der Waals surface area contributed by atoms with Gasteiger partial charge in [-0.15, -0.1) is 0 Å². The molecule has 0 unspecified atom stereocenters. The molecule has 0 spiro atoms. The summed E-state index contributed by atoms with van der Waals surface area (Å²) in [5.41, 5.74) is 4.84. The van der Waals surface area contributed by atoms with Gasteiger partial charge in [-0.05, 0) is 38.1 Å². The van der Waals surface area contributed by atoms with Crippen LogP contribution in [-0.2, 0) is 17.4 Å². The third kappa shape index (κ3) is 4.76. The van der Waals surface area contributed by atoms with Crippen molar-refractivity contribution < 1.29 is 22.8 Å². The molecule has 0 bridgehead atoms. The minimum Gasteiger partial charge on any atom is -0.273 e. The summed E-state index contributed by atoms with van der Waals surface area (Å²) in [5.74, 6) is -1.32. The van der Waals surface area contributed by atoms with Crippen molar-refractivity contribution in [3.63, 3.8) is 0 Å². The number of alkyl halides is 3. The van der Waals surface area contributed by atoms with Gasteiger partial charge in [-0.3, -0.25) is 25.2 Å². The molecule has 0 aliphatic heterocycles. The maximum Gasteiger partial charge on any atom is 0.416 e. The van der Waals surface area contributed by atoms with E-state index in [9.17, 15) is 27.6 Å². The number of hydrogen-bond acceptors (Lipinski definition) is 5. The number of benzene rings is 2. The van der Waals surface area contributed by atoms with Crippen molar-refractivity contribution in [2.24, 2.45) is 0 Å². The first kappa shape index (κ1) is 23.7. The molecule has 2 heterocycles. The zero-order valence-electron chi connectivity index (χ0n) is 18.5. The molecule has 0 saturated carbocycles. The number of carbonyl (C=O) groups excluding carboxylic acids is 2. The van der Waals surface area contributed by atoms with E-state index in [1.54, 1.807) is 38.1 Å². The second-order valence-corrected chi connectivity index (χ2v) is 7.74. The molecule has 2 amide bonds. The summed E-state index contributed by atoms with van der Waals surface area (Å²) in [4.78, 5) is 36.9. The number of nitrogens with one attached hydrogen (secondary N) is 3. The maximum atomic E-state index is 13.1. The van der Waals surface area contributed by atoms with Gasteiger partial charge < -0.3 is 0 Å². The molecule has 0 aliphatic carbocycles. The lowest BCUT2D eigenvalue weighted by Gasteiger charge is -2.10. The van der Waals surface area contributed by atoms with E-state index in [1.165, 1.54) is 16.8 Å². The highest BCUT2D eigenvalue weighted by atomic mass is 19.4. The summed E-state index contributed by atoms with van der Waals surface area (Å²) in [6.07, 6.45) is -4.68. The number of hydrogen-bond donors (Lipinski definition) is 3. The summed E-state index contributed by atoms with van der Waals surface area (Å²) in [7, 11) is 0. The van der Waals surface area contributed by atoms with Crippen LogP contribution in [0, 0.1) is 13.8 Å². The van der Waals surface area contributed by atoms with Crippen molar-refractivity contribution in [1.82, 2.24) is 30.8 Å². The molecule has 0 fully saturated rings. The third-order valence-electron chi connectivity index (χ3n) is 5.42. The van der Waals surface area contributed by atoms with Crippen LogP contribution in [0.15, 0.2) is 53.3 Å². The quantitative estimate of drug-likeness (QED) is 0.385. The van der Waals surface area contributed by atoms with Gasteiger partial charge in [0, 0.05) is 16.6 Å². The first-order valence-corrected chi connectivity index (χ1v) is 10.4. The Morgan fingerprint density at radius 3 is 2.46 bits per heavy atom. The average molecular weight is 484 g/mol. The predicted molar refractivity (Wildman–Crippen MR) is 120 cm³/mol. The number of aromatic nitrogens is 4. The number of fused-ring (bicyclic) bond motifs is 1. The van der Waals surface area contributed by atoms with E-state index in [4.69, 9.17) is 0 Å². The van der Waals surface area contributed by atoms with Crippen LogP contribution < -0.4 is 16.4 Å². The number of hydrazine groups is 1. The Hall–Kier alpha value is -4.48. The lowest BCUT2D eigenvalue weighted by molar-refractivity contribution is -0.137. The lowest BCUT2D eigenvalue weighted by Crippen LogP contribution is -2.43. The molecular weight excluding hydrogens is 465 g/mol. The molecule has 4 aromatic rings. The summed E-state index contributed by atoms with van der Waals surface area (Å²) >= 11 is 0. The van der Waals surface area contributed by atoms with E-state index in [0.717, 1.165) is 12.1 Å². The summed E-state index contributed by atoms with van der Waals surface area (Å²) in [5, 5.41) is 10.9. The minimum absolute atomic E-state index is 0.0785. The van der Waals surface area contributed by atoms with Crippen molar-refractivity contribution in [1.29, 1.82) is 0 Å². The molecule has 12 heteroatoms. The number of aromatic amines is 1. The molecule has 35 heavy (non-hydrogen) atoms. The second kappa shape index (κ2) is 9.05. The molecule has 0 radical (unpaired) electrons. The summed E-state index contributed by atoms with van der Waals surface area (Å²) in [6, 6.07) is 11.1. The molecular formula is C23H19F3N6O3. The number of H-pyrrole nitrogens is 1. The van der Waals surface area contributed by atoms with Crippen LogP contribution in [0.25, 0.3) is 16.5 Å². The molecule has 2 aromatic carbocycles. The monoisotopic (exact) mass is 484 g/mol. The highest BCUT2D eigenvalue weighted by molar-refractivity contribution is 6.05. The number of carbonyl (C=O) groups is 2. The maximum absolute atomic E-state index is 13.1. The lowest BCUT2D eigenvalue weighted by atomic mass is 10.1. The molecule has 9 nitrogen and oxygen atoms in total. The van der Waals surface area contributed by atoms with Crippen LogP contribution in [0.1, 0.15) is 33.0 Å². The van der Waals surface area contributed by atoms with Crippen molar-refractivity contribution >= 4 is 22.6 Å². The predicted octanol–water partition coefficient (Wildman–Crippen LogP) is 2.75. The van der Waals surface area contributed by atoms with E-state index in [2.05, 4.69) is 26.1 Å². The van der Waals surface area contributed by atoms with Crippen molar-refractivity contribution in [3.8, 4) is 5.69 Å². The van der Waals surface area contributed by atoms with Crippen LogP contribution in [-0.4, -0.2) is 31.8 Å². The molecule has 2 aromatic heterocycles. The zero-order valence-corrected chi connectivity index (χ0v) is 18.5. The Labute approximate surface area is 195 Å². The first-order chi connectivity index (χ1) is 16.6. The Bertz CT molecular complexity index is 1510. The topological polar surface area (TPSA) is 122 Å².